The van der Waals surface area contributed by atoms with E-state index in [0.29, 0.717) is 5.56 Å². The Hall–Kier alpha value is -2.07. The van der Waals surface area contributed by atoms with Crippen LogP contribution < -0.4 is 0 Å². The van der Waals surface area contributed by atoms with E-state index in [0.717, 1.165) is 31.5 Å². The summed E-state index contributed by atoms with van der Waals surface area (Å²) in [5, 5.41) is 9.95. The summed E-state index contributed by atoms with van der Waals surface area (Å²) in [6.45, 7) is 2.49. The minimum Gasteiger partial charge on any atom is -0.391 e. The van der Waals surface area contributed by atoms with Crippen molar-refractivity contribution in [2.45, 2.75) is 38.3 Å². The quantitative estimate of drug-likeness (QED) is 0.947. The minimum absolute atomic E-state index is 0.0135. The zero-order valence-corrected chi connectivity index (χ0v) is 12.9. The molecule has 0 spiro atoms. The maximum atomic E-state index is 12.8. The third kappa shape index (κ3) is 2.92. The smallest absolute Gasteiger partial charge is 0.254 e. The van der Waals surface area contributed by atoms with Crippen LogP contribution in [0.1, 0.15) is 36.5 Å². The lowest BCUT2D eigenvalue weighted by atomic mass is 9.97. The van der Waals surface area contributed by atoms with Crippen molar-refractivity contribution in [1.82, 2.24) is 9.47 Å². The molecule has 1 aromatic carbocycles. The van der Waals surface area contributed by atoms with Gasteiger partial charge in [-0.1, -0.05) is 6.07 Å². The standard InChI is InChI=1S/C18H22N2O2/c1-14(21)17-9-2-3-12-20(17)18(22)15-7-6-8-16(13-15)19-10-4-5-11-19/h4-8,10-11,13-14,17,21H,2-3,9,12H2,1H3. The number of likely N-dealkylation sites (tertiary alicyclic amines) is 1. The number of aliphatic hydroxyl groups excluding tert-OH is 1. The van der Waals surface area contributed by atoms with E-state index in [9.17, 15) is 9.90 Å². The molecular weight excluding hydrogens is 276 g/mol. The van der Waals surface area contributed by atoms with Crippen LogP contribution in [0.25, 0.3) is 5.69 Å². The van der Waals surface area contributed by atoms with Crippen molar-refractivity contribution >= 4 is 5.91 Å². The number of hydrogen-bond acceptors (Lipinski definition) is 2. The van der Waals surface area contributed by atoms with Crippen molar-refractivity contribution in [3.05, 3.63) is 54.4 Å². The summed E-state index contributed by atoms with van der Waals surface area (Å²) in [6.07, 6.45) is 6.39. The van der Waals surface area contributed by atoms with Crippen LogP contribution in [0.5, 0.6) is 0 Å². The molecule has 0 saturated carbocycles. The van der Waals surface area contributed by atoms with Gasteiger partial charge in [-0.05, 0) is 56.5 Å². The number of aliphatic hydroxyl groups is 1. The molecule has 22 heavy (non-hydrogen) atoms. The summed E-state index contributed by atoms with van der Waals surface area (Å²) in [6, 6.07) is 11.5. The normalized spacial score (nSPS) is 19.9. The van der Waals surface area contributed by atoms with Gasteiger partial charge in [0.05, 0.1) is 12.1 Å². The molecule has 116 valence electrons. The average molecular weight is 298 g/mol. The van der Waals surface area contributed by atoms with E-state index in [1.807, 2.05) is 58.3 Å². The highest BCUT2D eigenvalue weighted by Gasteiger charge is 2.30. The first kappa shape index (κ1) is 14.9. The monoisotopic (exact) mass is 298 g/mol. The number of carbonyl (C=O) groups excluding carboxylic acids is 1. The highest BCUT2D eigenvalue weighted by Crippen LogP contribution is 2.23. The van der Waals surface area contributed by atoms with Crippen LogP contribution in [0.2, 0.25) is 0 Å². The van der Waals surface area contributed by atoms with E-state index in [1.54, 1.807) is 6.92 Å². The van der Waals surface area contributed by atoms with E-state index in [4.69, 9.17) is 0 Å². The van der Waals surface area contributed by atoms with Gasteiger partial charge in [-0.25, -0.2) is 0 Å². The second-order valence-corrected chi connectivity index (χ2v) is 5.94. The minimum atomic E-state index is -0.489. The van der Waals surface area contributed by atoms with Crippen molar-refractivity contribution in [3.8, 4) is 5.69 Å². The number of hydrogen-bond donors (Lipinski definition) is 1. The Kier molecular flexibility index (Phi) is 4.29. The highest BCUT2D eigenvalue weighted by atomic mass is 16.3. The third-order valence-corrected chi connectivity index (χ3v) is 4.36. The van der Waals surface area contributed by atoms with Crippen molar-refractivity contribution in [2.24, 2.45) is 0 Å². The first-order valence-corrected chi connectivity index (χ1v) is 7.89. The number of benzene rings is 1. The Labute approximate surface area is 131 Å². The average Bonchev–Trinajstić information content (AvgIpc) is 3.09. The van der Waals surface area contributed by atoms with Crippen LogP contribution in [-0.2, 0) is 0 Å². The van der Waals surface area contributed by atoms with Crippen LogP contribution in [0.3, 0.4) is 0 Å². The van der Waals surface area contributed by atoms with Crippen LogP contribution >= 0.6 is 0 Å². The molecule has 4 nitrogen and oxygen atoms in total. The molecule has 0 bridgehead atoms. The second kappa shape index (κ2) is 6.36. The lowest BCUT2D eigenvalue weighted by molar-refractivity contribution is 0.0281. The van der Waals surface area contributed by atoms with Gasteiger partial charge in [0.1, 0.15) is 0 Å². The summed E-state index contributed by atoms with van der Waals surface area (Å²) in [7, 11) is 0. The number of aromatic nitrogens is 1. The molecule has 1 fully saturated rings. The Bertz CT molecular complexity index is 634. The molecule has 1 aliphatic heterocycles. The Morgan fingerprint density at radius 2 is 2.00 bits per heavy atom. The zero-order valence-electron chi connectivity index (χ0n) is 12.9. The molecule has 1 aliphatic rings. The molecule has 1 N–H and O–H groups in total. The van der Waals surface area contributed by atoms with E-state index in [-0.39, 0.29) is 11.9 Å². The number of nitrogens with zero attached hydrogens (tertiary/aromatic N) is 2. The maximum Gasteiger partial charge on any atom is 0.254 e. The Morgan fingerprint density at radius 1 is 1.23 bits per heavy atom. The summed E-state index contributed by atoms with van der Waals surface area (Å²) in [4.78, 5) is 14.7. The first-order chi connectivity index (χ1) is 10.7. The van der Waals surface area contributed by atoms with Crippen molar-refractivity contribution < 1.29 is 9.90 Å². The second-order valence-electron chi connectivity index (χ2n) is 5.94. The van der Waals surface area contributed by atoms with E-state index >= 15 is 0 Å². The molecule has 0 radical (unpaired) electrons. The van der Waals surface area contributed by atoms with Crippen LogP contribution in [0, 0.1) is 0 Å². The largest absolute Gasteiger partial charge is 0.391 e. The SMILES string of the molecule is CC(O)C1CCCCN1C(=O)c1cccc(-n2cccc2)c1. The molecule has 3 rings (SSSR count). The summed E-state index contributed by atoms with van der Waals surface area (Å²) in [5.74, 6) is 0.0135. The molecule has 2 heterocycles. The van der Waals surface area contributed by atoms with E-state index in [2.05, 4.69) is 0 Å². The predicted octanol–water partition coefficient (Wildman–Crippen LogP) is 2.85. The van der Waals surface area contributed by atoms with Gasteiger partial charge in [0.2, 0.25) is 0 Å². The topological polar surface area (TPSA) is 45.5 Å². The van der Waals surface area contributed by atoms with Crippen molar-refractivity contribution in [2.75, 3.05) is 6.54 Å². The fourth-order valence-electron chi connectivity index (χ4n) is 3.18. The van der Waals surface area contributed by atoms with Gasteiger partial charge < -0.3 is 14.6 Å². The first-order valence-electron chi connectivity index (χ1n) is 7.89. The predicted molar refractivity (Wildman–Crippen MR) is 86.1 cm³/mol. The van der Waals surface area contributed by atoms with Gasteiger partial charge in [-0.2, -0.15) is 0 Å². The fourth-order valence-corrected chi connectivity index (χ4v) is 3.18. The Balaban J connectivity index is 1.86. The van der Waals surface area contributed by atoms with Crippen molar-refractivity contribution in [3.63, 3.8) is 0 Å². The number of carbonyl (C=O) groups is 1. The number of piperidine rings is 1. The summed E-state index contributed by atoms with van der Waals surface area (Å²) < 4.78 is 1.99. The summed E-state index contributed by atoms with van der Waals surface area (Å²) >= 11 is 0. The van der Waals surface area contributed by atoms with Crippen molar-refractivity contribution in [1.29, 1.82) is 0 Å². The molecule has 0 aliphatic carbocycles. The molecule has 2 aromatic rings. The van der Waals surface area contributed by atoms with Crippen LogP contribution in [0.4, 0.5) is 0 Å². The highest BCUT2D eigenvalue weighted by molar-refractivity contribution is 5.95. The molecule has 1 saturated heterocycles. The molecular formula is C18H22N2O2. The van der Waals surface area contributed by atoms with Crippen LogP contribution in [0.15, 0.2) is 48.8 Å². The van der Waals surface area contributed by atoms with E-state index in [1.165, 1.54) is 0 Å². The molecule has 1 aromatic heterocycles. The number of rotatable bonds is 3. The van der Waals surface area contributed by atoms with Gasteiger partial charge in [-0.15, -0.1) is 0 Å². The Morgan fingerprint density at radius 3 is 2.73 bits per heavy atom. The number of amides is 1. The van der Waals surface area contributed by atoms with Gasteiger partial charge >= 0.3 is 0 Å². The van der Waals surface area contributed by atoms with Gasteiger partial charge in [0, 0.05) is 30.2 Å². The van der Waals surface area contributed by atoms with Gasteiger partial charge in [-0.3, -0.25) is 4.79 Å². The third-order valence-electron chi connectivity index (χ3n) is 4.36. The zero-order chi connectivity index (χ0) is 15.5. The van der Waals surface area contributed by atoms with E-state index < -0.39 is 6.10 Å². The summed E-state index contributed by atoms with van der Waals surface area (Å²) in [5.41, 5.74) is 1.65. The molecule has 2 atom stereocenters. The molecule has 2 unspecified atom stereocenters. The lowest BCUT2D eigenvalue weighted by Gasteiger charge is -2.37. The maximum absolute atomic E-state index is 12.8. The molecule has 4 heteroatoms. The van der Waals surface area contributed by atoms with Gasteiger partial charge in [0.15, 0.2) is 0 Å². The fraction of sp³-hybridized carbons (Fsp3) is 0.389. The van der Waals surface area contributed by atoms with Gasteiger partial charge in [0.25, 0.3) is 5.91 Å². The van der Waals surface area contributed by atoms with Crippen LogP contribution in [-0.4, -0.2) is 39.2 Å². The lowest BCUT2D eigenvalue weighted by Crippen LogP contribution is -2.48. The molecule has 1 amide bonds.